The minimum absolute atomic E-state index is 0.0307. The number of rotatable bonds is 3. The molecule has 0 radical (unpaired) electrons. The average molecular weight is 243 g/mol. The van der Waals surface area contributed by atoms with Crippen molar-refractivity contribution < 1.29 is 4.79 Å². The molecule has 1 amide bonds. The number of hydrogen-bond acceptors (Lipinski definition) is 3. The van der Waals surface area contributed by atoms with Gasteiger partial charge in [-0.05, 0) is 43.5 Å². The van der Waals surface area contributed by atoms with Crippen molar-refractivity contribution in [2.75, 3.05) is 11.4 Å². The highest BCUT2D eigenvalue weighted by Crippen LogP contribution is 2.30. The van der Waals surface area contributed by atoms with Crippen molar-refractivity contribution in [3.63, 3.8) is 0 Å². The molecular weight excluding hydrogens is 226 g/mol. The molecular formula is C14H17N3O. The quantitative estimate of drug-likeness (QED) is 0.871. The van der Waals surface area contributed by atoms with Crippen LogP contribution < -0.4 is 10.6 Å². The molecule has 1 unspecified atom stereocenters. The van der Waals surface area contributed by atoms with Gasteiger partial charge in [0.1, 0.15) is 6.04 Å². The second kappa shape index (κ2) is 5.19. The molecule has 4 nitrogen and oxygen atoms in total. The Morgan fingerprint density at radius 3 is 2.94 bits per heavy atom. The molecule has 18 heavy (non-hydrogen) atoms. The van der Waals surface area contributed by atoms with Gasteiger partial charge in [0.15, 0.2) is 0 Å². The minimum atomic E-state index is -0.420. The first-order valence-electron chi connectivity index (χ1n) is 6.21. The molecule has 0 fully saturated rings. The molecule has 0 bridgehead atoms. The molecule has 1 atom stereocenters. The molecule has 1 aliphatic rings. The van der Waals surface area contributed by atoms with Gasteiger partial charge in [-0.15, -0.1) is 0 Å². The molecule has 94 valence electrons. The van der Waals surface area contributed by atoms with E-state index in [0.29, 0.717) is 13.0 Å². The predicted octanol–water partition coefficient (Wildman–Crippen LogP) is 1.38. The highest BCUT2D eigenvalue weighted by atomic mass is 16.2. The Balaban J connectivity index is 2.39. The van der Waals surface area contributed by atoms with E-state index in [1.807, 2.05) is 12.1 Å². The standard InChI is InChI=1S/C14H17N3O/c1-10(9-16)17-13-4-2-11(6-7-15)8-12(13)3-5-14(17)18/h2,4,8,10H,3,5-7,15H2,1H3. The van der Waals surface area contributed by atoms with Gasteiger partial charge in [-0.2, -0.15) is 5.26 Å². The molecule has 0 saturated carbocycles. The summed E-state index contributed by atoms with van der Waals surface area (Å²) < 4.78 is 0. The Kier molecular flexibility index (Phi) is 3.63. The number of aryl methyl sites for hydroxylation is 1. The van der Waals surface area contributed by atoms with E-state index in [1.165, 1.54) is 5.56 Å². The second-order valence-corrected chi connectivity index (χ2v) is 4.57. The Morgan fingerprint density at radius 2 is 2.28 bits per heavy atom. The van der Waals surface area contributed by atoms with Crippen LogP contribution in [0.25, 0.3) is 0 Å². The second-order valence-electron chi connectivity index (χ2n) is 4.57. The fourth-order valence-corrected chi connectivity index (χ4v) is 2.38. The van der Waals surface area contributed by atoms with Crippen LogP contribution in [0.3, 0.4) is 0 Å². The topological polar surface area (TPSA) is 70.1 Å². The van der Waals surface area contributed by atoms with Crippen LogP contribution in [0.4, 0.5) is 5.69 Å². The van der Waals surface area contributed by atoms with E-state index >= 15 is 0 Å². The molecule has 0 aromatic heterocycles. The number of nitriles is 1. The number of benzene rings is 1. The van der Waals surface area contributed by atoms with Crippen molar-refractivity contribution in [1.29, 1.82) is 5.26 Å². The summed E-state index contributed by atoms with van der Waals surface area (Å²) in [7, 11) is 0. The van der Waals surface area contributed by atoms with Crippen LogP contribution in [0.5, 0.6) is 0 Å². The molecule has 2 rings (SSSR count). The number of carbonyl (C=O) groups excluding carboxylic acids is 1. The molecule has 0 saturated heterocycles. The SMILES string of the molecule is CC(C#N)N1C(=O)CCc2cc(CCN)ccc21. The summed E-state index contributed by atoms with van der Waals surface area (Å²) in [5, 5.41) is 9.01. The largest absolute Gasteiger partial charge is 0.330 e. The smallest absolute Gasteiger partial charge is 0.228 e. The minimum Gasteiger partial charge on any atom is -0.330 e. The number of nitrogens with zero attached hydrogens (tertiary/aromatic N) is 2. The summed E-state index contributed by atoms with van der Waals surface area (Å²) in [4.78, 5) is 13.5. The maximum Gasteiger partial charge on any atom is 0.228 e. The van der Waals surface area contributed by atoms with Crippen LogP contribution in [-0.4, -0.2) is 18.5 Å². The van der Waals surface area contributed by atoms with Crippen LogP contribution >= 0.6 is 0 Å². The summed E-state index contributed by atoms with van der Waals surface area (Å²) in [5.41, 5.74) is 8.76. The van der Waals surface area contributed by atoms with Gasteiger partial charge < -0.3 is 5.73 Å². The van der Waals surface area contributed by atoms with Crippen molar-refractivity contribution in [1.82, 2.24) is 0 Å². The van der Waals surface area contributed by atoms with E-state index in [9.17, 15) is 4.79 Å². The van der Waals surface area contributed by atoms with Crippen molar-refractivity contribution in [2.24, 2.45) is 5.73 Å². The summed E-state index contributed by atoms with van der Waals surface area (Å²) in [5.74, 6) is 0.0307. The Morgan fingerprint density at radius 1 is 1.50 bits per heavy atom. The third kappa shape index (κ3) is 2.22. The first kappa shape index (κ1) is 12.6. The number of fused-ring (bicyclic) bond motifs is 1. The van der Waals surface area contributed by atoms with Gasteiger partial charge in [-0.1, -0.05) is 12.1 Å². The van der Waals surface area contributed by atoms with Gasteiger partial charge in [0, 0.05) is 12.1 Å². The summed E-state index contributed by atoms with van der Waals surface area (Å²) in [6.45, 7) is 2.37. The fraction of sp³-hybridized carbons (Fsp3) is 0.429. The number of anilines is 1. The number of hydrogen-bond donors (Lipinski definition) is 1. The lowest BCUT2D eigenvalue weighted by molar-refractivity contribution is -0.119. The Bertz CT molecular complexity index is 504. The van der Waals surface area contributed by atoms with E-state index in [4.69, 9.17) is 11.0 Å². The third-order valence-electron chi connectivity index (χ3n) is 3.29. The predicted molar refractivity (Wildman–Crippen MR) is 70.1 cm³/mol. The van der Waals surface area contributed by atoms with Gasteiger partial charge in [0.05, 0.1) is 6.07 Å². The van der Waals surface area contributed by atoms with E-state index < -0.39 is 6.04 Å². The number of nitrogens with two attached hydrogens (primary N) is 1. The van der Waals surface area contributed by atoms with Crippen LogP contribution in [0.1, 0.15) is 24.5 Å². The molecule has 0 aliphatic carbocycles. The summed E-state index contributed by atoms with van der Waals surface area (Å²) in [6.07, 6.45) is 2.07. The van der Waals surface area contributed by atoms with Crippen molar-refractivity contribution in [2.45, 2.75) is 32.2 Å². The molecule has 1 heterocycles. The number of carbonyl (C=O) groups is 1. The van der Waals surface area contributed by atoms with Crippen LogP contribution in [0.15, 0.2) is 18.2 Å². The highest BCUT2D eigenvalue weighted by molar-refractivity contribution is 5.97. The average Bonchev–Trinajstić information content (AvgIpc) is 2.38. The summed E-state index contributed by atoms with van der Waals surface area (Å²) in [6, 6.07) is 7.74. The lowest BCUT2D eigenvalue weighted by Gasteiger charge is -2.31. The van der Waals surface area contributed by atoms with Crippen molar-refractivity contribution in [3.05, 3.63) is 29.3 Å². The zero-order valence-corrected chi connectivity index (χ0v) is 10.5. The van der Waals surface area contributed by atoms with Gasteiger partial charge >= 0.3 is 0 Å². The maximum absolute atomic E-state index is 11.9. The van der Waals surface area contributed by atoms with Crippen LogP contribution in [-0.2, 0) is 17.6 Å². The van der Waals surface area contributed by atoms with E-state index in [0.717, 1.165) is 24.1 Å². The van der Waals surface area contributed by atoms with E-state index in [1.54, 1.807) is 11.8 Å². The Labute approximate surface area is 107 Å². The molecule has 0 spiro atoms. The van der Waals surface area contributed by atoms with Gasteiger partial charge in [-0.25, -0.2) is 0 Å². The highest BCUT2D eigenvalue weighted by Gasteiger charge is 2.27. The lowest BCUT2D eigenvalue weighted by atomic mass is 9.96. The van der Waals surface area contributed by atoms with Gasteiger partial charge in [0.2, 0.25) is 5.91 Å². The van der Waals surface area contributed by atoms with Crippen molar-refractivity contribution >= 4 is 11.6 Å². The van der Waals surface area contributed by atoms with Gasteiger partial charge in [-0.3, -0.25) is 9.69 Å². The Hall–Kier alpha value is -1.86. The zero-order valence-electron chi connectivity index (χ0n) is 10.5. The van der Waals surface area contributed by atoms with Gasteiger partial charge in [0.25, 0.3) is 0 Å². The first-order chi connectivity index (χ1) is 8.67. The molecule has 1 aliphatic heterocycles. The fourth-order valence-electron chi connectivity index (χ4n) is 2.38. The van der Waals surface area contributed by atoms with Crippen molar-refractivity contribution in [3.8, 4) is 6.07 Å². The number of amides is 1. The maximum atomic E-state index is 11.9. The first-order valence-corrected chi connectivity index (χ1v) is 6.21. The third-order valence-corrected chi connectivity index (χ3v) is 3.29. The van der Waals surface area contributed by atoms with E-state index in [2.05, 4.69) is 12.1 Å². The van der Waals surface area contributed by atoms with Crippen LogP contribution in [0, 0.1) is 11.3 Å². The van der Waals surface area contributed by atoms with E-state index in [-0.39, 0.29) is 5.91 Å². The monoisotopic (exact) mass is 243 g/mol. The lowest BCUT2D eigenvalue weighted by Crippen LogP contribution is -2.41. The summed E-state index contributed by atoms with van der Waals surface area (Å²) >= 11 is 0. The molecule has 1 aromatic carbocycles. The normalized spacial score (nSPS) is 16.1. The molecule has 4 heteroatoms. The van der Waals surface area contributed by atoms with Crippen LogP contribution in [0.2, 0.25) is 0 Å². The molecule has 1 aromatic rings. The zero-order chi connectivity index (χ0) is 13.1. The molecule has 2 N–H and O–H groups in total.